The third-order valence-corrected chi connectivity index (χ3v) is 3.29. The third kappa shape index (κ3) is 3.78. The molecule has 1 aromatic rings. The number of likely N-dealkylation sites (N-methyl/N-ethyl adjacent to an activating group) is 1. The number of nitrogens with zero attached hydrogens (tertiary/aromatic N) is 1. The smallest absolute Gasteiger partial charge is 0.244 e. The molecule has 3 N–H and O–H groups in total. The zero-order chi connectivity index (χ0) is 15.4. The first-order valence-corrected chi connectivity index (χ1v) is 7.14. The van der Waals surface area contributed by atoms with Gasteiger partial charge in [0, 0.05) is 37.1 Å². The van der Waals surface area contributed by atoms with Crippen molar-refractivity contribution in [2.75, 3.05) is 37.4 Å². The van der Waals surface area contributed by atoms with E-state index < -0.39 is 0 Å². The van der Waals surface area contributed by atoms with E-state index in [1.54, 1.807) is 13.1 Å². The van der Waals surface area contributed by atoms with Gasteiger partial charge in [-0.3, -0.25) is 4.79 Å². The van der Waals surface area contributed by atoms with Gasteiger partial charge in [0.15, 0.2) is 0 Å². The fourth-order valence-corrected chi connectivity index (χ4v) is 2.41. The molecule has 1 aromatic carbocycles. The molecule has 1 aliphatic heterocycles. The molecule has 1 saturated heterocycles. The van der Waals surface area contributed by atoms with Gasteiger partial charge in [-0.15, -0.1) is 0 Å². The van der Waals surface area contributed by atoms with Crippen LogP contribution in [-0.2, 0) is 9.53 Å². The Morgan fingerprint density at radius 1 is 1.48 bits per heavy atom. The van der Waals surface area contributed by atoms with E-state index in [2.05, 4.69) is 5.32 Å². The molecule has 21 heavy (non-hydrogen) atoms. The van der Waals surface area contributed by atoms with E-state index in [0.29, 0.717) is 31.2 Å². The molecule has 0 radical (unpaired) electrons. The normalized spacial score (nSPS) is 18.7. The molecule has 0 saturated carbocycles. The molecule has 1 amide bonds. The van der Waals surface area contributed by atoms with E-state index in [1.807, 2.05) is 30.9 Å². The lowest BCUT2D eigenvalue weighted by Gasteiger charge is -2.36. The Kier molecular flexibility index (Phi) is 4.90. The first kappa shape index (κ1) is 15.4. The van der Waals surface area contributed by atoms with Crippen molar-refractivity contribution in [3.8, 4) is 5.75 Å². The average Bonchev–Trinajstić information content (AvgIpc) is 2.45. The monoisotopic (exact) mass is 293 g/mol. The Labute approximate surface area is 125 Å². The number of hydrogen-bond donors (Lipinski definition) is 2. The van der Waals surface area contributed by atoms with Crippen molar-refractivity contribution in [2.24, 2.45) is 0 Å². The van der Waals surface area contributed by atoms with Gasteiger partial charge >= 0.3 is 0 Å². The highest BCUT2D eigenvalue weighted by Crippen LogP contribution is 2.28. The summed E-state index contributed by atoms with van der Waals surface area (Å²) in [5.74, 6) is 0.644. The molecule has 116 valence electrons. The minimum atomic E-state index is -0.350. The van der Waals surface area contributed by atoms with Gasteiger partial charge in [-0.1, -0.05) is 0 Å². The van der Waals surface area contributed by atoms with Crippen LogP contribution in [0.25, 0.3) is 0 Å². The Balaban J connectivity index is 2.29. The van der Waals surface area contributed by atoms with E-state index in [0.717, 1.165) is 5.69 Å². The summed E-state index contributed by atoms with van der Waals surface area (Å²) in [7, 11) is 1.63. The molecule has 0 spiro atoms. The maximum absolute atomic E-state index is 12.0. The molecule has 2 rings (SSSR count). The van der Waals surface area contributed by atoms with Crippen molar-refractivity contribution in [1.82, 2.24) is 5.32 Å². The van der Waals surface area contributed by atoms with Crippen molar-refractivity contribution in [3.05, 3.63) is 18.2 Å². The summed E-state index contributed by atoms with van der Waals surface area (Å²) in [5, 5.41) is 2.67. The second-order valence-corrected chi connectivity index (χ2v) is 5.33. The van der Waals surface area contributed by atoms with Crippen LogP contribution in [0.15, 0.2) is 18.2 Å². The highest BCUT2D eigenvalue weighted by molar-refractivity contribution is 5.85. The van der Waals surface area contributed by atoms with E-state index in [-0.39, 0.29) is 18.1 Å². The van der Waals surface area contributed by atoms with Gasteiger partial charge in [-0.05, 0) is 19.9 Å². The Morgan fingerprint density at radius 3 is 2.90 bits per heavy atom. The summed E-state index contributed by atoms with van der Waals surface area (Å²) in [5.41, 5.74) is 7.45. The van der Waals surface area contributed by atoms with Gasteiger partial charge in [-0.25, -0.2) is 0 Å². The van der Waals surface area contributed by atoms with Gasteiger partial charge in [0.2, 0.25) is 5.91 Å². The summed E-state index contributed by atoms with van der Waals surface area (Å²) >= 11 is 0. The highest BCUT2D eigenvalue weighted by Gasteiger charge is 2.29. The van der Waals surface area contributed by atoms with Crippen molar-refractivity contribution in [2.45, 2.75) is 26.0 Å². The summed E-state index contributed by atoms with van der Waals surface area (Å²) in [6.07, 6.45) is 0.0686. The minimum absolute atomic E-state index is 0.0662. The Bertz CT molecular complexity index is 505. The maximum atomic E-state index is 12.0. The number of nitrogens with one attached hydrogen (secondary N) is 1. The van der Waals surface area contributed by atoms with Crippen LogP contribution in [0, 0.1) is 0 Å². The molecule has 1 atom stereocenters. The van der Waals surface area contributed by atoms with E-state index >= 15 is 0 Å². The molecule has 1 fully saturated rings. The average molecular weight is 293 g/mol. The molecule has 0 aliphatic carbocycles. The van der Waals surface area contributed by atoms with Crippen molar-refractivity contribution < 1.29 is 14.3 Å². The van der Waals surface area contributed by atoms with Crippen LogP contribution in [0.1, 0.15) is 13.8 Å². The van der Waals surface area contributed by atoms with E-state index in [4.69, 9.17) is 15.2 Å². The van der Waals surface area contributed by atoms with Crippen LogP contribution < -0.4 is 20.7 Å². The summed E-state index contributed by atoms with van der Waals surface area (Å²) in [6.45, 7) is 5.52. The number of nitrogens with two attached hydrogens (primary N) is 1. The molecule has 0 bridgehead atoms. The number of carbonyl (C=O) groups excluding carboxylic acids is 1. The van der Waals surface area contributed by atoms with Gasteiger partial charge < -0.3 is 25.4 Å². The topological polar surface area (TPSA) is 76.8 Å². The second-order valence-electron chi connectivity index (χ2n) is 5.33. The SMILES string of the molecule is CNC(=O)C1COCCN1c1cc(N)cc(OC(C)C)c1. The number of hydrogen-bond acceptors (Lipinski definition) is 5. The molecule has 1 aliphatic rings. The lowest BCUT2D eigenvalue weighted by molar-refractivity contribution is -0.124. The zero-order valence-corrected chi connectivity index (χ0v) is 12.8. The van der Waals surface area contributed by atoms with E-state index in [1.165, 1.54) is 0 Å². The minimum Gasteiger partial charge on any atom is -0.491 e. The van der Waals surface area contributed by atoms with Crippen LogP contribution >= 0.6 is 0 Å². The number of benzene rings is 1. The molecule has 6 nitrogen and oxygen atoms in total. The van der Waals surface area contributed by atoms with Crippen LogP contribution in [0.2, 0.25) is 0 Å². The number of nitrogen functional groups attached to an aromatic ring is 1. The number of amides is 1. The predicted molar refractivity (Wildman–Crippen MR) is 82.6 cm³/mol. The lowest BCUT2D eigenvalue weighted by atomic mass is 10.1. The van der Waals surface area contributed by atoms with Crippen LogP contribution in [0.5, 0.6) is 5.75 Å². The largest absolute Gasteiger partial charge is 0.491 e. The number of anilines is 2. The molecular weight excluding hydrogens is 270 g/mol. The fourth-order valence-electron chi connectivity index (χ4n) is 2.41. The highest BCUT2D eigenvalue weighted by atomic mass is 16.5. The zero-order valence-electron chi connectivity index (χ0n) is 12.8. The van der Waals surface area contributed by atoms with Crippen LogP contribution in [0.3, 0.4) is 0 Å². The molecule has 6 heteroatoms. The van der Waals surface area contributed by atoms with Crippen molar-refractivity contribution >= 4 is 17.3 Å². The fraction of sp³-hybridized carbons (Fsp3) is 0.533. The number of carbonyl (C=O) groups is 1. The number of ether oxygens (including phenoxy) is 2. The Hall–Kier alpha value is -1.95. The number of morpholine rings is 1. The van der Waals surface area contributed by atoms with Gasteiger partial charge in [-0.2, -0.15) is 0 Å². The Morgan fingerprint density at radius 2 is 2.24 bits per heavy atom. The lowest BCUT2D eigenvalue weighted by Crippen LogP contribution is -2.53. The quantitative estimate of drug-likeness (QED) is 0.810. The first-order chi connectivity index (χ1) is 10.0. The summed E-state index contributed by atoms with van der Waals surface area (Å²) in [6, 6.07) is 5.21. The number of rotatable bonds is 4. The predicted octanol–water partition coefficient (Wildman–Crippen LogP) is 1.01. The first-order valence-electron chi connectivity index (χ1n) is 7.14. The van der Waals surface area contributed by atoms with Crippen LogP contribution in [0.4, 0.5) is 11.4 Å². The van der Waals surface area contributed by atoms with Crippen molar-refractivity contribution in [1.29, 1.82) is 0 Å². The maximum Gasteiger partial charge on any atom is 0.244 e. The summed E-state index contributed by atoms with van der Waals surface area (Å²) in [4.78, 5) is 14.0. The van der Waals surface area contributed by atoms with Gasteiger partial charge in [0.05, 0.1) is 19.3 Å². The van der Waals surface area contributed by atoms with Gasteiger partial charge in [0.25, 0.3) is 0 Å². The van der Waals surface area contributed by atoms with E-state index in [9.17, 15) is 4.79 Å². The van der Waals surface area contributed by atoms with Gasteiger partial charge in [0.1, 0.15) is 11.8 Å². The summed E-state index contributed by atoms with van der Waals surface area (Å²) < 4.78 is 11.1. The standard InChI is InChI=1S/C15H23N3O3/c1-10(2)21-13-7-11(16)6-12(8-13)18-4-5-20-9-14(18)15(19)17-3/h6-8,10,14H,4-5,9,16H2,1-3H3,(H,17,19). The molecular formula is C15H23N3O3. The van der Waals surface area contributed by atoms with Crippen molar-refractivity contribution in [3.63, 3.8) is 0 Å². The molecule has 1 unspecified atom stereocenters. The molecule has 1 heterocycles. The second kappa shape index (κ2) is 6.67. The molecule has 0 aromatic heterocycles. The van der Waals surface area contributed by atoms with Crippen LogP contribution in [-0.4, -0.2) is 44.9 Å². The third-order valence-electron chi connectivity index (χ3n) is 3.29.